The van der Waals surface area contributed by atoms with E-state index in [4.69, 9.17) is 10.1 Å². The third-order valence-electron chi connectivity index (χ3n) is 6.83. The Labute approximate surface area is 202 Å². The predicted molar refractivity (Wildman–Crippen MR) is 132 cm³/mol. The van der Waals surface area contributed by atoms with Crippen LogP contribution < -0.4 is 10.0 Å². The maximum atomic E-state index is 12.4. The highest BCUT2D eigenvalue weighted by Gasteiger charge is 2.44. The van der Waals surface area contributed by atoms with Crippen LogP contribution in [-0.2, 0) is 10.2 Å². The van der Waals surface area contributed by atoms with Crippen LogP contribution in [0.4, 0.5) is 5.69 Å². The average molecular weight is 507 g/mol. The molecule has 184 valence electrons. The van der Waals surface area contributed by atoms with Crippen LogP contribution >= 0.6 is 11.3 Å². The van der Waals surface area contributed by atoms with Crippen LogP contribution in [0.2, 0.25) is 0 Å². The molecular formula is C22H30N6O4S2. The monoisotopic (exact) mass is 506 g/mol. The van der Waals surface area contributed by atoms with Gasteiger partial charge in [-0.25, -0.2) is 9.97 Å². The van der Waals surface area contributed by atoms with Crippen LogP contribution in [0.5, 0.6) is 0 Å². The van der Waals surface area contributed by atoms with Gasteiger partial charge < -0.3 is 20.5 Å². The number of nitrogens with zero attached hydrogens (tertiary/aromatic N) is 3. The zero-order valence-electron chi connectivity index (χ0n) is 19.2. The number of nitrogens with one attached hydrogen (secondary N) is 3. The normalized spacial score (nSPS) is 24.1. The average Bonchev–Trinajstić information content (AvgIpc) is 3.55. The highest BCUT2D eigenvalue weighted by molar-refractivity contribution is 7.87. The van der Waals surface area contributed by atoms with Crippen molar-refractivity contribution in [2.45, 2.75) is 38.8 Å². The van der Waals surface area contributed by atoms with E-state index >= 15 is 0 Å². The summed E-state index contributed by atoms with van der Waals surface area (Å²) >= 11 is 1.48. The molecule has 5 rings (SSSR count). The summed E-state index contributed by atoms with van der Waals surface area (Å²) in [5, 5.41) is 24.6. The number of aliphatic hydroxyl groups excluding tert-OH is 2. The maximum Gasteiger partial charge on any atom is 0.279 e. The standard InChI is InChI=1S/C22H30N6O4S2/c1-12-20(13(2)30)33-22(26-12)18-9-24-21-17(3-4-23-21)19(18)27-16-7-14-10-28(11-15(14)8-16)34(31,32)25-5-6-29/h3-4,9,13-16,25,29-30H,5-8,10-11H2,1-2H3,(H2,23,24,27)/t13?,14-,15+,16?. The molecule has 4 heterocycles. The van der Waals surface area contributed by atoms with Crippen molar-refractivity contribution in [2.75, 3.05) is 31.6 Å². The van der Waals surface area contributed by atoms with E-state index in [1.54, 1.807) is 6.92 Å². The van der Waals surface area contributed by atoms with Crippen molar-refractivity contribution in [1.29, 1.82) is 0 Å². The maximum absolute atomic E-state index is 12.4. The van der Waals surface area contributed by atoms with Crippen LogP contribution in [0.15, 0.2) is 18.5 Å². The Bertz CT molecular complexity index is 1270. The van der Waals surface area contributed by atoms with Crippen LogP contribution in [0.25, 0.3) is 21.6 Å². The lowest BCUT2D eigenvalue weighted by atomic mass is 10.0. The predicted octanol–water partition coefficient (Wildman–Crippen LogP) is 2.00. The summed E-state index contributed by atoms with van der Waals surface area (Å²) in [6.07, 6.45) is 4.86. The topological polar surface area (TPSA) is 143 Å². The van der Waals surface area contributed by atoms with E-state index in [2.05, 4.69) is 20.0 Å². The van der Waals surface area contributed by atoms with Crippen molar-refractivity contribution < 1.29 is 18.6 Å². The van der Waals surface area contributed by atoms with Crippen LogP contribution in [0, 0.1) is 18.8 Å². The van der Waals surface area contributed by atoms with Crippen LogP contribution in [0.1, 0.15) is 36.4 Å². The number of pyridine rings is 1. The molecule has 1 saturated heterocycles. The van der Waals surface area contributed by atoms with Gasteiger partial charge in [0.15, 0.2) is 0 Å². The van der Waals surface area contributed by atoms with Gasteiger partial charge in [-0.05, 0) is 44.6 Å². The minimum absolute atomic E-state index is 0.0306. The first-order chi connectivity index (χ1) is 16.3. The van der Waals surface area contributed by atoms with E-state index in [1.807, 2.05) is 25.4 Å². The molecular weight excluding hydrogens is 476 g/mol. The van der Waals surface area contributed by atoms with Gasteiger partial charge in [-0.1, -0.05) is 0 Å². The second-order valence-electron chi connectivity index (χ2n) is 9.20. The number of H-pyrrole nitrogens is 1. The molecule has 2 aliphatic rings. The molecule has 0 amide bonds. The van der Waals surface area contributed by atoms with Gasteiger partial charge in [-0.3, -0.25) is 0 Å². The Morgan fingerprint density at radius 2 is 2.06 bits per heavy atom. The van der Waals surface area contributed by atoms with Gasteiger partial charge in [-0.2, -0.15) is 17.4 Å². The first kappa shape index (κ1) is 23.6. The lowest BCUT2D eigenvalue weighted by Gasteiger charge is -2.21. The fraction of sp³-hybridized carbons (Fsp3) is 0.545. The highest BCUT2D eigenvalue weighted by atomic mass is 32.2. The van der Waals surface area contributed by atoms with Gasteiger partial charge in [0.1, 0.15) is 10.7 Å². The van der Waals surface area contributed by atoms with E-state index in [0.717, 1.165) is 50.7 Å². The first-order valence-electron chi connectivity index (χ1n) is 11.5. The minimum atomic E-state index is -3.55. The number of aromatic nitrogens is 3. The quantitative estimate of drug-likeness (QED) is 0.314. The van der Waals surface area contributed by atoms with E-state index in [9.17, 15) is 13.5 Å². The molecule has 0 aromatic carbocycles. The van der Waals surface area contributed by atoms with E-state index in [1.165, 1.54) is 15.6 Å². The SMILES string of the molecule is Cc1nc(-c2cnc3[nH]ccc3c2NC2C[C@@H]3CN(S(=O)(=O)NCCO)C[C@@H]3C2)sc1C(C)O. The van der Waals surface area contributed by atoms with Crippen molar-refractivity contribution in [2.24, 2.45) is 11.8 Å². The van der Waals surface area contributed by atoms with Gasteiger partial charge in [0.2, 0.25) is 0 Å². The van der Waals surface area contributed by atoms with Gasteiger partial charge in [0.05, 0.1) is 34.5 Å². The lowest BCUT2D eigenvalue weighted by molar-refractivity contribution is 0.202. The lowest BCUT2D eigenvalue weighted by Crippen LogP contribution is -2.41. The van der Waals surface area contributed by atoms with Gasteiger partial charge in [0, 0.05) is 43.5 Å². The molecule has 2 unspecified atom stereocenters. The van der Waals surface area contributed by atoms with Gasteiger partial charge >= 0.3 is 0 Å². The zero-order chi connectivity index (χ0) is 24.0. The third kappa shape index (κ3) is 4.34. The molecule has 3 aromatic heterocycles. The Balaban J connectivity index is 1.37. The summed E-state index contributed by atoms with van der Waals surface area (Å²) in [5.74, 6) is 0.582. The summed E-state index contributed by atoms with van der Waals surface area (Å²) in [4.78, 5) is 13.3. The molecule has 0 radical (unpaired) electrons. The van der Waals surface area contributed by atoms with Gasteiger partial charge in [-0.15, -0.1) is 11.3 Å². The molecule has 2 fully saturated rings. The first-order valence-corrected chi connectivity index (χ1v) is 13.8. The van der Waals surface area contributed by atoms with Gasteiger partial charge in [0.25, 0.3) is 10.2 Å². The fourth-order valence-electron chi connectivity index (χ4n) is 5.28. The van der Waals surface area contributed by atoms with Crippen molar-refractivity contribution in [1.82, 2.24) is 24.0 Å². The number of aliphatic hydroxyl groups is 2. The smallest absolute Gasteiger partial charge is 0.279 e. The molecule has 1 saturated carbocycles. The molecule has 1 aliphatic carbocycles. The number of aromatic amines is 1. The summed E-state index contributed by atoms with van der Waals surface area (Å²) in [5.41, 5.74) is 3.49. The number of aryl methyl sites for hydroxylation is 1. The molecule has 0 bridgehead atoms. The van der Waals surface area contributed by atoms with Crippen molar-refractivity contribution in [3.63, 3.8) is 0 Å². The number of thiazole rings is 1. The minimum Gasteiger partial charge on any atom is -0.395 e. The highest BCUT2D eigenvalue weighted by Crippen LogP contribution is 2.43. The summed E-state index contributed by atoms with van der Waals surface area (Å²) in [6, 6.07) is 2.21. The molecule has 5 N–H and O–H groups in total. The number of rotatable bonds is 8. The summed E-state index contributed by atoms with van der Waals surface area (Å²) < 4.78 is 28.8. The zero-order valence-corrected chi connectivity index (χ0v) is 20.8. The Morgan fingerprint density at radius 3 is 2.71 bits per heavy atom. The molecule has 3 aromatic rings. The second-order valence-corrected chi connectivity index (χ2v) is 12.0. The van der Waals surface area contributed by atoms with Crippen molar-refractivity contribution >= 4 is 38.3 Å². The number of hydrogen-bond acceptors (Lipinski definition) is 8. The van der Waals surface area contributed by atoms with E-state index in [-0.39, 0.29) is 19.2 Å². The molecule has 34 heavy (non-hydrogen) atoms. The summed E-state index contributed by atoms with van der Waals surface area (Å²) in [7, 11) is -3.55. The fourth-order valence-corrected chi connectivity index (χ4v) is 7.60. The van der Waals surface area contributed by atoms with E-state index in [0.29, 0.717) is 24.9 Å². The Morgan fingerprint density at radius 1 is 1.32 bits per heavy atom. The second kappa shape index (κ2) is 9.17. The number of anilines is 1. The summed E-state index contributed by atoms with van der Waals surface area (Å²) in [6.45, 7) is 4.46. The largest absolute Gasteiger partial charge is 0.395 e. The Hall–Kier alpha value is -2.09. The van der Waals surface area contributed by atoms with Crippen molar-refractivity contribution in [3.8, 4) is 10.6 Å². The van der Waals surface area contributed by atoms with Crippen LogP contribution in [0.3, 0.4) is 0 Å². The molecule has 4 atom stereocenters. The van der Waals surface area contributed by atoms with Crippen LogP contribution in [-0.4, -0.2) is 70.2 Å². The molecule has 10 nitrogen and oxygen atoms in total. The van der Waals surface area contributed by atoms with Crippen molar-refractivity contribution in [3.05, 3.63) is 29.0 Å². The number of fused-ring (bicyclic) bond motifs is 2. The molecule has 0 spiro atoms. The Kier molecular flexibility index (Phi) is 6.38. The van der Waals surface area contributed by atoms with E-state index < -0.39 is 16.3 Å². The molecule has 12 heteroatoms. The third-order valence-corrected chi connectivity index (χ3v) is 9.74. The molecule has 1 aliphatic heterocycles. The number of hydrogen-bond donors (Lipinski definition) is 5.